The van der Waals surface area contributed by atoms with Crippen LogP contribution >= 0.6 is 15.9 Å². The third-order valence-corrected chi connectivity index (χ3v) is 3.91. The van der Waals surface area contributed by atoms with E-state index in [9.17, 15) is 8.78 Å². The van der Waals surface area contributed by atoms with E-state index in [-0.39, 0.29) is 11.6 Å². The molecule has 0 fully saturated rings. The fraction of sp³-hybridized carbons (Fsp3) is 0.200. The van der Waals surface area contributed by atoms with Crippen LogP contribution < -0.4 is 10.5 Å². The lowest BCUT2D eigenvalue weighted by Crippen LogP contribution is -2.24. The van der Waals surface area contributed by atoms with Gasteiger partial charge in [-0.25, -0.2) is 8.78 Å². The van der Waals surface area contributed by atoms with Crippen LogP contribution in [0.3, 0.4) is 0 Å². The van der Waals surface area contributed by atoms with Crippen molar-refractivity contribution in [2.45, 2.75) is 18.6 Å². The number of halogens is 3. The summed E-state index contributed by atoms with van der Waals surface area (Å²) in [5.74, 6) is -0.357. The summed E-state index contributed by atoms with van der Waals surface area (Å²) in [5, 5.41) is 0. The third-order valence-electron chi connectivity index (χ3n) is 3.41. The lowest BCUT2D eigenvalue weighted by molar-refractivity contribution is 0.157. The van der Waals surface area contributed by atoms with Crippen LogP contribution in [0, 0.1) is 11.6 Å². The molecule has 0 spiro atoms. The highest BCUT2D eigenvalue weighted by Gasteiger charge is 2.29. The van der Waals surface area contributed by atoms with Crippen molar-refractivity contribution in [1.29, 1.82) is 0 Å². The molecular weight excluding hydrogens is 328 g/mol. The third kappa shape index (κ3) is 2.43. The average Bonchev–Trinajstić information content (AvgIpc) is 2.42. The number of ether oxygens (including phenoxy) is 1. The fourth-order valence-corrected chi connectivity index (χ4v) is 2.81. The minimum absolute atomic E-state index is 0.203. The van der Waals surface area contributed by atoms with Gasteiger partial charge in [-0.15, -0.1) is 0 Å². The number of hydrogen-bond acceptors (Lipinski definition) is 2. The Bertz CT molecular complexity index is 662. The van der Waals surface area contributed by atoms with Gasteiger partial charge in [-0.1, -0.05) is 15.9 Å². The van der Waals surface area contributed by atoms with E-state index >= 15 is 0 Å². The Kier molecular flexibility index (Phi) is 3.48. The number of rotatable bonds is 1. The van der Waals surface area contributed by atoms with Gasteiger partial charge in [-0.3, -0.25) is 0 Å². The van der Waals surface area contributed by atoms with Gasteiger partial charge in [0.15, 0.2) is 0 Å². The molecule has 0 saturated heterocycles. The molecule has 0 saturated carbocycles. The van der Waals surface area contributed by atoms with Crippen LogP contribution in [-0.2, 0) is 0 Å². The molecule has 1 heterocycles. The predicted molar refractivity (Wildman–Crippen MR) is 75.4 cm³/mol. The van der Waals surface area contributed by atoms with Gasteiger partial charge >= 0.3 is 0 Å². The van der Waals surface area contributed by atoms with Crippen molar-refractivity contribution in [2.24, 2.45) is 5.73 Å². The van der Waals surface area contributed by atoms with E-state index in [0.717, 1.165) is 28.2 Å². The summed E-state index contributed by atoms with van der Waals surface area (Å²) in [6.07, 6.45) is -0.168. The maximum atomic E-state index is 13.8. The summed E-state index contributed by atoms with van der Waals surface area (Å²) < 4.78 is 33.8. The Morgan fingerprint density at radius 1 is 1.10 bits per heavy atom. The van der Waals surface area contributed by atoms with Gasteiger partial charge in [0.05, 0.1) is 0 Å². The summed E-state index contributed by atoms with van der Waals surface area (Å²) >= 11 is 3.38. The first-order chi connectivity index (χ1) is 9.54. The van der Waals surface area contributed by atoms with Crippen molar-refractivity contribution in [1.82, 2.24) is 0 Å². The molecule has 2 unspecified atom stereocenters. The zero-order chi connectivity index (χ0) is 14.3. The molecule has 2 aromatic rings. The zero-order valence-corrected chi connectivity index (χ0v) is 12.0. The van der Waals surface area contributed by atoms with Crippen LogP contribution in [0.5, 0.6) is 5.75 Å². The molecule has 3 rings (SSSR count). The highest BCUT2D eigenvalue weighted by Crippen LogP contribution is 2.41. The van der Waals surface area contributed by atoms with E-state index in [2.05, 4.69) is 15.9 Å². The summed E-state index contributed by atoms with van der Waals surface area (Å²) in [7, 11) is 0. The molecule has 104 valence electrons. The molecule has 0 amide bonds. The number of fused-ring (bicyclic) bond motifs is 1. The van der Waals surface area contributed by atoms with Crippen LogP contribution in [0.2, 0.25) is 0 Å². The van der Waals surface area contributed by atoms with Crippen molar-refractivity contribution >= 4 is 15.9 Å². The van der Waals surface area contributed by atoms with Gasteiger partial charge < -0.3 is 10.5 Å². The molecule has 1 aliphatic rings. The van der Waals surface area contributed by atoms with Gasteiger partial charge in [-0.05, 0) is 36.4 Å². The van der Waals surface area contributed by atoms with Gasteiger partial charge in [0.2, 0.25) is 0 Å². The summed E-state index contributed by atoms with van der Waals surface area (Å²) in [5.41, 5.74) is 7.18. The molecule has 0 bridgehead atoms. The summed E-state index contributed by atoms with van der Waals surface area (Å²) in [6, 6.07) is 8.58. The molecule has 0 aromatic heterocycles. The normalized spacial score (nSPS) is 21.2. The van der Waals surface area contributed by atoms with Gasteiger partial charge in [0.1, 0.15) is 23.5 Å². The van der Waals surface area contributed by atoms with Crippen molar-refractivity contribution in [2.75, 3.05) is 0 Å². The van der Waals surface area contributed by atoms with E-state index in [1.165, 1.54) is 0 Å². The second kappa shape index (κ2) is 5.14. The smallest absolute Gasteiger partial charge is 0.130 e. The van der Waals surface area contributed by atoms with Crippen molar-refractivity contribution < 1.29 is 13.5 Å². The molecular formula is C15H12BrF2NO. The van der Waals surface area contributed by atoms with E-state index in [1.807, 2.05) is 12.1 Å². The van der Waals surface area contributed by atoms with E-state index in [0.29, 0.717) is 12.2 Å². The first-order valence-electron chi connectivity index (χ1n) is 6.21. The Labute approximate surface area is 123 Å². The van der Waals surface area contributed by atoms with Gasteiger partial charge in [0.25, 0.3) is 0 Å². The molecule has 5 heteroatoms. The lowest BCUT2D eigenvalue weighted by Gasteiger charge is -2.30. The molecule has 0 radical (unpaired) electrons. The average molecular weight is 340 g/mol. The summed E-state index contributed by atoms with van der Waals surface area (Å²) in [6.45, 7) is 0. The highest BCUT2D eigenvalue weighted by molar-refractivity contribution is 9.10. The molecule has 20 heavy (non-hydrogen) atoms. The van der Waals surface area contributed by atoms with E-state index < -0.39 is 17.7 Å². The minimum atomic E-state index is -0.575. The van der Waals surface area contributed by atoms with Crippen LogP contribution in [-0.4, -0.2) is 0 Å². The SMILES string of the molecule is NC1CC(c2cc(F)ccc2F)Oc2ccc(Br)cc21. The number of nitrogens with two attached hydrogens (primary N) is 1. The maximum Gasteiger partial charge on any atom is 0.130 e. The molecule has 2 atom stereocenters. The van der Waals surface area contributed by atoms with Crippen LogP contribution in [0.4, 0.5) is 8.78 Å². The largest absolute Gasteiger partial charge is 0.485 e. The Morgan fingerprint density at radius 2 is 1.90 bits per heavy atom. The first kappa shape index (κ1) is 13.5. The Balaban J connectivity index is 1.99. The van der Waals surface area contributed by atoms with Crippen LogP contribution in [0.15, 0.2) is 40.9 Å². The number of hydrogen-bond donors (Lipinski definition) is 1. The molecule has 1 aliphatic heterocycles. The van der Waals surface area contributed by atoms with Crippen molar-refractivity contribution in [3.05, 3.63) is 63.6 Å². The van der Waals surface area contributed by atoms with Crippen LogP contribution in [0.25, 0.3) is 0 Å². The van der Waals surface area contributed by atoms with Crippen molar-refractivity contribution in [3.63, 3.8) is 0 Å². The first-order valence-corrected chi connectivity index (χ1v) is 7.00. The second-order valence-corrected chi connectivity index (χ2v) is 5.71. The van der Waals surface area contributed by atoms with Gasteiger partial charge in [-0.2, -0.15) is 0 Å². The monoisotopic (exact) mass is 339 g/mol. The second-order valence-electron chi connectivity index (χ2n) is 4.80. The maximum absolute atomic E-state index is 13.8. The molecule has 2 nitrogen and oxygen atoms in total. The van der Waals surface area contributed by atoms with E-state index in [1.54, 1.807) is 6.07 Å². The molecule has 2 aromatic carbocycles. The fourth-order valence-electron chi connectivity index (χ4n) is 2.43. The number of benzene rings is 2. The topological polar surface area (TPSA) is 35.2 Å². The highest BCUT2D eigenvalue weighted by atomic mass is 79.9. The Hall–Kier alpha value is -1.46. The molecule has 0 aliphatic carbocycles. The predicted octanol–water partition coefficient (Wildman–Crippen LogP) is 4.25. The van der Waals surface area contributed by atoms with E-state index in [4.69, 9.17) is 10.5 Å². The minimum Gasteiger partial charge on any atom is -0.485 e. The van der Waals surface area contributed by atoms with Crippen molar-refractivity contribution in [3.8, 4) is 5.75 Å². The Morgan fingerprint density at radius 3 is 2.70 bits per heavy atom. The quantitative estimate of drug-likeness (QED) is 0.842. The standard InChI is InChI=1S/C15H12BrF2NO/c16-8-1-4-14-11(5-8)13(19)7-15(20-14)10-6-9(17)2-3-12(10)18/h1-6,13,15H,7,19H2. The van der Waals surface area contributed by atoms with Gasteiger partial charge in [0, 0.05) is 28.1 Å². The lowest BCUT2D eigenvalue weighted by atomic mass is 9.93. The molecule has 2 N–H and O–H groups in total. The zero-order valence-electron chi connectivity index (χ0n) is 10.4. The summed E-state index contributed by atoms with van der Waals surface area (Å²) in [4.78, 5) is 0. The van der Waals surface area contributed by atoms with Crippen LogP contribution in [0.1, 0.15) is 29.7 Å².